The van der Waals surface area contributed by atoms with E-state index in [1.54, 1.807) is 7.11 Å². The second-order valence-electron chi connectivity index (χ2n) is 4.68. The number of hydrogen-bond donors (Lipinski definition) is 1. The molecule has 2 rings (SSSR count). The van der Waals surface area contributed by atoms with Crippen LogP contribution in [0.25, 0.3) is 0 Å². The lowest BCUT2D eigenvalue weighted by Gasteiger charge is -2.13. The van der Waals surface area contributed by atoms with Crippen LogP contribution in [0.3, 0.4) is 0 Å². The van der Waals surface area contributed by atoms with Crippen LogP contribution >= 0.6 is 0 Å². The highest BCUT2D eigenvalue weighted by Crippen LogP contribution is 2.24. The van der Waals surface area contributed by atoms with E-state index in [9.17, 15) is 0 Å². The van der Waals surface area contributed by atoms with E-state index in [1.165, 1.54) is 6.33 Å². The molecule has 1 aromatic carbocycles. The van der Waals surface area contributed by atoms with Gasteiger partial charge in [-0.25, -0.2) is 9.67 Å². The van der Waals surface area contributed by atoms with Gasteiger partial charge in [0.15, 0.2) is 5.82 Å². The smallest absolute Gasteiger partial charge is 0.165 e. The molecule has 6 heteroatoms. The molecule has 0 aliphatic heterocycles. The maximum Gasteiger partial charge on any atom is 0.165 e. The molecule has 1 aromatic heterocycles. The van der Waals surface area contributed by atoms with Gasteiger partial charge in [-0.2, -0.15) is 5.10 Å². The van der Waals surface area contributed by atoms with Crippen molar-refractivity contribution in [1.82, 2.24) is 14.8 Å². The van der Waals surface area contributed by atoms with E-state index in [4.69, 9.17) is 15.2 Å². The molecule has 2 aromatic rings. The Hall–Kier alpha value is -2.08. The minimum Gasteiger partial charge on any atom is -0.497 e. The molecule has 0 radical (unpaired) electrons. The summed E-state index contributed by atoms with van der Waals surface area (Å²) in [6.45, 7) is 4.86. The number of ether oxygens (including phenoxy) is 2. The van der Waals surface area contributed by atoms with Crippen LogP contribution in [0.2, 0.25) is 0 Å². The normalized spacial score (nSPS) is 10.8. The van der Waals surface area contributed by atoms with Crippen molar-refractivity contribution >= 4 is 0 Å². The van der Waals surface area contributed by atoms with Crippen molar-refractivity contribution in [3.8, 4) is 11.5 Å². The number of methoxy groups -OCH3 is 1. The van der Waals surface area contributed by atoms with Crippen LogP contribution in [0.1, 0.15) is 31.3 Å². The third-order valence-corrected chi connectivity index (χ3v) is 2.98. The molecule has 0 aliphatic rings. The predicted octanol–water partition coefficient (Wildman–Crippen LogP) is 1.91. The van der Waals surface area contributed by atoms with Gasteiger partial charge in [0.05, 0.1) is 7.11 Å². The first-order valence-electron chi connectivity index (χ1n) is 6.54. The largest absolute Gasteiger partial charge is 0.497 e. The Kier molecular flexibility index (Phi) is 4.57. The second kappa shape index (κ2) is 6.38. The van der Waals surface area contributed by atoms with Crippen LogP contribution in [0, 0.1) is 0 Å². The molecule has 0 atom stereocenters. The molecule has 108 valence electrons. The highest BCUT2D eigenvalue weighted by Gasteiger charge is 2.10. The highest BCUT2D eigenvalue weighted by molar-refractivity contribution is 5.40. The van der Waals surface area contributed by atoms with Crippen molar-refractivity contribution in [2.45, 2.75) is 33.0 Å². The molecular formula is C14H20N4O2. The van der Waals surface area contributed by atoms with E-state index >= 15 is 0 Å². The Balaban J connectivity index is 2.12. The van der Waals surface area contributed by atoms with E-state index in [2.05, 4.69) is 23.9 Å². The van der Waals surface area contributed by atoms with Gasteiger partial charge in [0.2, 0.25) is 0 Å². The third kappa shape index (κ3) is 3.08. The Morgan fingerprint density at radius 3 is 2.80 bits per heavy atom. The van der Waals surface area contributed by atoms with Gasteiger partial charge in [-0.3, -0.25) is 0 Å². The first kappa shape index (κ1) is 14.3. The number of nitrogens with zero attached hydrogens (tertiary/aromatic N) is 3. The van der Waals surface area contributed by atoms with E-state index in [0.29, 0.717) is 13.2 Å². The van der Waals surface area contributed by atoms with Gasteiger partial charge < -0.3 is 15.2 Å². The standard InChI is InChI=1S/C14H20N4O2/c1-10(2)18-14(16-9-17-18)8-20-13-5-4-12(19-3)6-11(13)7-15/h4-6,9-10H,7-8,15H2,1-3H3. The summed E-state index contributed by atoms with van der Waals surface area (Å²) in [5.74, 6) is 2.30. The zero-order chi connectivity index (χ0) is 14.5. The summed E-state index contributed by atoms with van der Waals surface area (Å²) in [5, 5.41) is 4.18. The quantitative estimate of drug-likeness (QED) is 0.872. The number of benzene rings is 1. The lowest BCUT2D eigenvalue weighted by Crippen LogP contribution is -2.11. The van der Waals surface area contributed by atoms with Crippen LogP contribution in [0.5, 0.6) is 11.5 Å². The fourth-order valence-electron chi connectivity index (χ4n) is 1.93. The SMILES string of the molecule is COc1ccc(OCc2ncnn2C(C)C)c(CN)c1. The van der Waals surface area contributed by atoms with E-state index in [0.717, 1.165) is 22.9 Å². The van der Waals surface area contributed by atoms with Crippen LogP contribution in [0.4, 0.5) is 0 Å². The van der Waals surface area contributed by atoms with E-state index in [1.807, 2.05) is 22.9 Å². The molecule has 0 aliphatic carbocycles. The summed E-state index contributed by atoms with van der Waals surface area (Å²) in [7, 11) is 1.63. The van der Waals surface area contributed by atoms with Crippen molar-refractivity contribution < 1.29 is 9.47 Å². The van der Waals surface area contributed by atoms with Crippen LogP contribution in [0.15, 0.2) is 24.5 Å². The molecule has 0 saturated heterocycles. The zero-order valence-electron chi connectivity index (χ0n) is 12.0. The fourth-order valence-corrected chi connectivity index (χ4v) is 1.93. The first-order chi connectivity index (χ1) is 9.65. The molecule has 20 heavy (non-hydrogen) atoms. The summed E-state index contributed by atoms with van der Waals surface area (Å²) >= 11 is 0. The predicted molar refractivity (Wildman–Crippen MR) is 75.6 cm³/mol. The Morgan fingerprint density at radius 2 is 2.15 bits per heavy atom. The van der Waals surface area contributed by atoms with E-state index < -0.39 is 0 Å². The summed E-state index contributed by atoms with van der Waals surface area (Å²) in [6, 6.07) is 5.84. The van der Waals surface area contributed by atoms with Crippen molar-refractivity contribution in [2.75, 3.05) is 7.11 Å². The number of nitrogens with two attached hydrogens (primary N) is 1. The average Bonchev–Trinajstić information content (AvgIpc) is 2.93. The number of aromatic nitrogens is 3. The maximum atomic E-state index is 5.80. The summed E-state index contributed by atoms with van der Waals surface area (Å²) < 4.78 is 12.8. The molecule has 0 spiro atoms. The van der Waals surface area contributed by atoms with Gasteiger partial charge in [-0.05, 0) is 32.0 Å². The number of hydrogen-bond acceptors (Lipinski definition) is 5. The number of rotatable bonds is 6. The molecule has 6 nitrogen and oxygen atoms in total. The minimum absolute atomic E-state index is 0.251. The Bertz CT molecular complexity index is 566. The van der Waals surface area contributed by atoms with Crippen molar-refractivity contribution in [1.29, 1.82) is 0 Å². The Morgan fingerprint density at radius 1 is 1.35 bits per heavy atom. The topological polar surface area (TPSA) is 75.2 Å². The maximum absolute atomic E-state index is 5.80. The summed E-state index contributed by atoms with van der Waals surface area (Å²) in [6.07, 6.45) is 1.54. The van der Waals surface area contributed by atoms with Gasteiger partial charge >= 0.3 is 0 Å². The lowest BCUT2D eigenvalue weighted by molar-refractivity contribution is 0.279. The summed E-state index contributed by atoms with van der Waals surface area (Å²) in [5.41, 5.74) is 6.64. The van der Waals surface area contributed by atoms with Crippen molar-refractivity contribution in [3.63, 3.8) is 0 Å². The molecule has 0 unspecified atom stereocenters. The molecule has 1 heterocycles. The molecule has 0 bridgehead atoms. The minimum atomic E-state index is 0.251. The molecule has 2 N–H and O–H groups in total. The fraction of sp³-hybridized carbons (Fsp3) is 0.429. The van der Waals surface area contributed by atoms with Gasteiger partial charge in [-0.15, -0.1) is 0 Å². The average molecular weight is 276 g/mol. The highest BCUT2D eigenvalue weighted by atomic mass is 16.5. The monoisotopic (exact) mass is 276 g/mol. The third-order valence-electron chi connectivity index (χ3n) is 2.98. The van der Waals surface area contributed by atoms with E-state index in [-0.39, 0.29) is 6.04 Å². The van der Waals surface area contributed by atoms with Crippen molar-refractivity contribution in [2.24, 2.45) is 5.73 Å². The van der Waals surface area contributed by atoms with Crippen LogP contribution < -0.4 is 15.2 Å². The molecular weight excluding hydrogens is 256 g/mol. The lowest BCUT2D eigenvalue weighted by atomic mass is 10.2. The Labute approximate surface area is 118 Å². The molecule has 0 fully saturated rings. The van der Waals surface area contributed by atoms with Crippen molar-refractivity contribution in [3.05, 3.63) is 35.9 Å². The van der Waals surface area contributed by atoms with Crippen LogP contribution in [-0.2, 0) is 13.2 Å². The second-order valence-corrected chi connectivity index (χ2v) is 4.68. The van der Waals surface area contributed by atoms with Gasteiger partial charge in [0.25, 0.3) is 0 Å². The van der Waals surface area contributed by atoms with Gasteiger partial charge in [0.1, 0.15) is 24.4 Å². The molecule has 0 saturated carbocycles. The summed E-state index contributed by atoms with van der Waals surface area (Å²) in [4.78, 5) is 4.21. The van der Waals surface area contributed by atoms with Gasteiger partial charge in [0, 0.05) is 18.2 Å². The first-order valence-corrected chi connectivity index (χ1v) is 6.54. The zero-order valence-corrected chi connectivity index (χ0v) is 12.0. The van der Waals surface area contributed by atoms with Crippen LogP contribution in [-0.4, -0.2) is 21.9 Å². The molecule has 0 amide bonds. The van der Waals surface area contributed by atoms with Gasteiger partial charge in [-0.1, -0.05) is 0 Å².